The molecule has 0 saturated carbocycles. The Morgan fingerprint density at radius 2 is 1.61 bits per heavy atom. The van der Waals surface area contributed by atoms with Crippen LogP contribution in [0.2, 0.25) is 0 Å². The lowest BCUT2D eigenvalue weighted by Crippen LogP contribution is -2.49. The molecule has 2 saturated heterocycles. The lowest BCUT2D eigenvalue weighted by Gasteiger charge is -2.26. The zero-order valence-corrected chi connectivity index (χ0v) is 20.3. The Kier molecular flexibility index (Phi) is 7.36. The first kappa shape index (κ1) is 25.3. The van der Waals surface area contributed by atoms with E-state index in [1.165, 1.54) is 12.1 Å². The van der Waals surface area contributed by atoms with Gasteiger partial charge < -0.3 is 9.47 Å². The number of amides is 4. The van der Waals surface area contributed by atoms with E-state index in [1.54, 1.807) is 48.5 Å². The van der Waals surface area contributed by atoms with E-state index in [1.807, 2.05) is 0 Å². The smallest absolute Gasteiger partial charge is 0.419 e. The molecule has 0 N–H and O–H groups in total. The van der Waals surface area contributed by atoms with Crippen LogP contribution in [0.15, 0.2) is 65.6 Å². The van der Waals surface area contributed by atoms with E-state index in [4.69, 9.17) is 9.47 Å². The van der Waals surface area contributed by atoms with Gasteiger partial charge in [-0.25, -0.2) is 27.7 Å². The van der Waals surface area contributed by atoms with Crippen molar-refractivity contribution in [3.05, 3.63) is 66.2 Å². The highest BCUT2D eigenvalue weighted by atomic mass is 32.2. The summed E-state index contributed by atoms with van der Waals surface area (Å²) in [6.07, 6.45) is -0.515. The van der Waals surface area contributed by atoms with E-state index < -0.39 is 52.7 Å². The molecule has 2 aromatic carbocycles. The van der Waals surface area contributed by atoms with Crippen molar-refractivity contribution in [2.45, 2.75) is 36.4 Å². The van der Waals surface area contributed by atoms with Crippen molar-refractivity contribution >= 4 is 34.0 Å². The molecule has 0 unspecified atom stereocenters. The summed E-state index contributed by atoms with van der Waals surface area (Å²) < 4.78 is 37.3. The summed E-state index contributed by atoms with van der Waals surface area (Å²) in [6, 6.07) is 12.7. The van der Waals surface area contributed by atoms with Crippen LogP contribution in [-0.4, -0.2) is 78.8 Å². The lowest BCUT2D eigenvalue weighted by atomic mass is 10.2. The second-order valence-electron chi connectivity index (χ2n) is 8.27. The minimum Gasteiger partial charge on any atom is -0.467 e. The predicted molar refractivity (Wildman–Crippen MR) is 125 cm³/mol. The van der Waals surface area contributed by atoms with Gasteiger partial charge in [-0.05, 0) is 30.5 Å². The number of benzene rings is 2. The van der Waals surface area contributed by atoms with Crippen LogP contribution >= 0.6 is 0 Å². The molecule has 0 aliphatic carbocycles. The molecular weight excluding hydrogens is 490 g/mol. The van der Waals surface area contributed by atoms with Crippen LogP contribution in [0.1, 0.15) is 18.4 Å². The number of ether oxygens (including phenoxy) is 2. The third-order valence-electron chi connectivity index (χ3n) is 6.08. The van der Waals surface area contributed by atoms with Crippen molar-refractivity contribution in [1.82, 2.24) is 14.1 Å². The molecule has 2 aromatic rings. The average Bonchev–Trinajstić information content (AvgIpc) is 3.53. The van der Waals surface area contributed by atoms with Crippen LogP contribution in [0.4, 0.5) is 9.59 Å². The minimum absolute atomic E-state index is 0.0241. The third-order valence-corrected chi connectivity index (χ3v) is 8.01. The topological polar surface area (TPSA) is 131 Å². The Balaban J connectivity index is 1.55. The van der Waals surface area contributed by atoms with Crippen molar-refractivity contribution in [2.75, 3.05) is 20.2 Å². The van der Waals surface area contributed by atoms with Crippen LogP contribution < -0.4 is 0 Å². The number of hydrogen-bond donors (Lipinski definition) is 0. The predicted octanol–water partition coefficient (Wildman–Crippen LogP) is 1.98. The maximum absolute atomic E-state index is 13.4. The fourth-order valence-electron chi connectivity index (χ4n) is 4.27. The van der Waals surface area contributed by atoms with E-state index in [9.17, 15) is 27.6 Å². The molecule has 2 aliphatic heterocycles. The third kappa shape index (κ3) is 4.82. The number of sulfonamides is 1. The lowest BCUT2D eigenvalue weighted by molar-refractivity contribution is -0.144. The van der Waals surface area contributed by atoms with Gasteiger partial charge in [0, 0.05) is 6.54 Å². The monoisotopic (exact) mass is 515 g/mol. The Bertz CT molecular complexity index is 1250. The van der Waals surface area contributed by atoms with Crippen LogP contribution in [0, 0.1) is 0 Å². The highest BCUT2D eigenvalue weighted by Crippen LogP contribution is 2.29. The highest BCUT2D eigenvalue weighted by molar-refractivity contribution is 7.89. The summed E-state index contributed by atoms with van der Waals surface area (Å²) in [5, 5.41) is 0. The van der Waals surface area contributed by atoms with Gasteiger partial charge in [0.2, 0.25) is 15.9 Å². The first-order valence-corrected chi connectivity index (χ1v) is 12.7. The number of methoxy groups -OCH3 is 1. The number of carbonyl (C=O) groups is 4. The molecule has 0 spiro atoms. The Hall–Kier alpha value is -3.77. The van der Waals surface area contributed by atoms with Gasteiger partial charge in [-0.15, -0.1) is 0 Å². The maximum atomic E-state index is 13.4. The molecule has 2 heterocycles. The Morgan fingerprint density at radius 3 is 2.25 bits per heavy atom. The van der Waals surface area contributed by atoms with Gasteiger partial charge in [0.05, 0.1) is 18.6 Å². The Morgan fingerprint density at radius 1 is 0.972 bits per heavy atom. The molecule has 4 amide bonds. The van der Waals surface area contributed by atoms with Crippen LogP contribution in [0.5, 0.6) is 0 Å². The fourth-order valence-corrected chi connectivity index (χ4v) is 5.94. The maximum Gasteiger partial charge on any atom is 0.419 e. The summed E-state index contributed by atoms with van der Waals surface area (Å²) in [7, 11) is -2.91. The SMILES string of the molecule is COC(=O)[C@@H]1CN(C(=O)[C@@H]2CCCN2S(=O)(=O)c2ccccc2)C(=O)N1C(=O)OCc1ccccc1. The molecule has 4 rings (SSSR count). The minimum atomic E-state index is -4.01. The Labute approximate surface area is 208 Å². The average molecular weight is 516 g/mol. The van der Waals surface area contributed by atoms with Crippen LogP contribution in [0.25, 0.3) is 0 Å². The molecule has 0 bridgehead atoms. The quantitative estimate of drug-likeness (QED) is 0.534. The van der Waals surface area contributed by atoms with Crippen molar-refractivity contribution < 1.29 is 37.1 Å². The van der Waals surface area contributed by atoms with E-state index in [-0.39, 0.29) is 24.5 Å². The van der Waals surface area contributed by atoms with Gasteiger partial charge in [0.15, 0.2) is 6.04 Å². The summed E-state index contributed by atoms with van der Waals surface area (Å²) in [6.45, 7) is -0.531. The normalized spacial score (nSPS) is 20.4. The molecule has 0 aromatic heterocycles. The van der Waals surface area contributed by atoms with Crippen molar-refractivity contribution in [2.24, 2.45) is 0 Å². The van der Waals surface area contributed by atoms with Crippen LogP contribution in [-0.2, 0) is 35.7 Å². The molecule has 11 nitrogen and oxygen atoms in total. The number of nitrogens with zero attached hydrogens (tertiary/aromatic N) is 3. The first-order valence-electron chi connectivity index (χ1n) is 11.3. The number of rotatable bonds is 6. The molecule has 36 heavy (non-hydrogen) atoms. The van der Waals surface area contributed by atoms with E-state index in [0.717, 1.165) is 16.3 Å². The van der Waals surface area contributed by atoms with Gasteiger partial charge in [0.25, 0.3) is 0 Å². The van der Waals surface area contributed by atoms with Crippen molar-refractivity contribution in [3.8, 4) is 0 Å². The number of urea groups is 1. The summed E-state index contributed by atoms with van der Waals surface area (Å²) in [4.78, 5) is 53.0. The first-order chi connectivity index (χ1) is 17.3. The zero-order chi connectivity index (χ0) is 25.9. The van der Waals surface area contributed by atoms with Crippen molar-refractivity contribution in [1.29, 1.82) is 0 Å². The molecule has 12 heteroatoms. The van der Waals surface area contributed by atoms with Gasteiger partial charge in [0.1, 0.15) is 12.6 Å². The number of imide groups is 2. The molecule has 2 aliphatic rings. The second kappa shape index (κ2) is 10.5. The standard InChI is InChI=1S/C24H25N3O8S/c1-34-22(29)20-15-25(23(30)27(20)24(31)35-16-17-9-4-2-5-10-17)21(28)19-13-8-14-26(19)36(32,33)18-11-6-3-7-12-18/h2-7,9-12,19-20H,8,13-16H2,1H3/t19-,20-/m0/s1. The second-order valence-corrected chi connectivity index (χ2v) is 10.2. The summed E-state index contributed by atoms with van der Waals surface area (Å²) >= 11 is 0. The van der Waals surface area contributed by atoms with E-state index in [0.29, 0.717) is 16.9 Å². The fraction of sp³-hybridized carbons (Fsp3) is 0.333. The van der Waals surface area contributed by atoms with Crippen LogP contribution in [0.3, 0.4) is 0 Å². The van der Waals surface area contributed by atoms with Gasteiger partial charge >= 0.3 is 18.1 Å². The van der Waals surface area contributed by atoms with E-state index in [2.05, 4.69) is 0 Å². The highest BCUT2D eigenvalue weighted by Gasteiger charge is 2.52. The number of hydrogen-bond acceptors (Lipinski definition) is 8. The zero-order valence-electron chi connectivity index (χ0n) is 19.5. The summed E-state index contributed by atoms with van der Waals surface area (Å²) in [5.74, 6) is -1.72. The molecule has 0 radical (unpaired) electrons. The summed E-state index contributed by atoms with van der Waals surface area (Å²) in [5.41, 5.74) is 0.660. The molecule has 2 atom stereocenters. The van der Waals surface area contributed by atoms with E-state index >= 15 is 0 Å². The number of esters is 1. The van der Waals surface area contributed by atoms with Gasteiger partial charge in [-0.1, -0.05) is 48.5 Å². The molecule has 2 fully saturated rings. The number of carbonyl (C=O) groups excluding carboxylic acids is 4. The largest absolute Gasteiger partial charge is 0.467 e. The van der Waals surface area contributed by atoms with Crippen molar-refractivity contribution in [3.63, 3.8) is 0 Å². The van der Waals surface area contributed by atoms with Gasteiger partial charge in [-0.3, -0.25) is 9.69 Å². The molecular formula is C24H25N3O8S. The molecule has 190 valence electrons. The van der Waals surface area contributed by atoms with Gasteiger partial charge in [-0.2, -0.15) is 4.31 Å².